The van der Waals surface area contributed by atoms with Gasteiger partial charge in [-0.15, -0.1) is 0 Å². The molecule has 0 amide bonds. The fourth-order valence-electron chi connectivity index (χ4n) is 1.92. The standard InChI is InChI=1S/C14H24N2O3/c1-4-13(5-2)16-7-6-12(15-16)10-14(17)11-19-9-8-18-3/h6-7,13H,4-5,8-11H2,1-3H3. The summed E-state index contributed by atoms with van der Waals surface area (Å²) in [7, 11) is 1.61. The van der Waals surface area contributed by atoms with Crippen LogP contribution in [0.2, 0.25) is 0 Å². The third-order valence-electron chi connectivity index (χ3n) is 3.05. The summed E-state index contributed by atoms with van der Waals surface area (Å²) in [6, 6.07) is 2.33. The molecule has 0 aliphatic carbocycles. The van der Waals surface area contributed by atoms with Gasteiger partial charge < -0.3 is 9.47 Å². The van der Waals surface area contributed by atoms with Crippen molar-refractivity contribution in [2.75, 3.05) is 26.9 Å². The maximum Gasteiger partial charge on any atom is 0.164 e. The Morgan fingerprint density at radius 1 is 1.37 bits per heavy atom. The van der Waals surface area contributed by atoms with Gasteiger partial charge in [-0.2, -0.15) is 5.10 Å². The van der Waals surface area contributed by atoms with E-state index in [0.717, 1.165) is 18.5 Å². The minimum Gasteiger partial charge on any atom is -0.382 e. The molecule has 0 unspecified atom stereocenters. The number of methoxy groups -OCH3 is 1. The van der Waals surface area contributed by atoms with E-state index in [1.165, 1.54) is 0 Å². The molecular weight excluding hydrogens is 244 g/mol. The Labute approximate surface area is 114 Å². The first kappa shape index (κ1) is 15.9. The quantitative estimate of drug-likeness (QED) is 0.609. The van der Waals surface area contributed by atoms with Gasteiger partial charge in [0.15, 0.2) is 5.78 Å². The van der Waals surface area contributed by atoms with Crippen LogP contribution in [-0.2, 0) is 20.7 Å². The molecule has 0 N–H and O–H groups in total. The van der Waals surface area contributed by atoms with Crippen molar-refractivity contribution in [2.45, 2.75) is 39.2 Å². The lowest BCUT2D eigenvalue weighted by atomic mass is 10.2. The van der Waals surface area contributed by atoms with Gasteiger partial charge in [0.05, 0.1) is 31.4 Å². The van der Waals surface area contributed by atoms with Gasteiger partial charge in [-0.05, 0) is 18.9 Å². The molecule has 0 aromatic carbocycles. The Kier molecular flexibility index (Phi) is 7.36. The van der Waals surface area contributed by atoms with Crippen molar-refractivity contribution >= 4 is 5.78 Å². The van der Waals surface area contributed by atoms with E-state index in [9.17, 15) is 4.79 Å². The van der Waals surface area contributed by atoms with E-state index < -0.39 is 0 Å². The molecule has 19 heavy (non-hydrogen) atoms. The van der Waals surface area contributed by atoms with Crippen LogP contribution < -0.4 is 0 Å². The zero-order chi connectivity index (χ0) is 14.1. The molecule has 1 aromatic heterocycles. The number of rotatable bonds is 10. The minimum atomic E-state index is 0.0471. The molecule has 1 aromatic rings. The van der Waals surface area contributed by atoms with Crippen LogP contribution in [0.15, 0.2) is 12.3 Å². The molecule has 5 heteroatoms. The van der Waals surface area contributed by atoms with E-state index in [0.29, 0.717) is 25.7 Å². The van der Waals surface area contributed by atoms with E-state index in [2.05, 4.69) is 18.9 Å². The van der Waals surface area contributed by atoms with Gasteiger partial charge in [0.2, 0.25) is 0 Å². The smallest absolute Gasteiger partial charge is 0.164 e. The largest absolute Gasteiger partial charge is 0.382 e. The topological polar surface area (TPSA) is 53.4 Å². The zero-order valence-corrected chi connectivity index (χ0v) is 12.1. The van der Waals surface area contributed by atoms with Crippen LogP contribution in [0.4, 0.5) is 0 Å². The zero-order valence-electron chi connectivity index (χ0n) is 12.1. The lowest BCUT2D eigenvalue weighted by Crippen LogP contribution is -2.15. The maximum absolute atomic E-state index is 11.7. The highest BCUT2D eigenvalue weighted by atomic mass is 16.5. The average molecular weight is 268 g/mol. The third-order valence-corrected chi connectivity index (χ3v) is 3.05. The Bertz CT molecular complexity index is 373. The fraction of sp³-hybridized carbons (Fsp3) is 0.714. The maximum atomic E-state index is 11.7. The molecule has 1 rings (SSSR count). The number of Topliss-reactive ketones (excluding diaryl/α,β-unsaturated/α-hetero) is 1. The fourth-order valence-corrected chi connectivity index (χ4v) is 1.92. The molecule has 0 aliphatic rings. The van der Waals surface area contributed by atoms with Crippen LogP contribution in [0, 0.1) is 0 Å². The Morgan fingerprint density at radius 3 is 2.74 bits per heavy atom. The number of ether oxygens (including phenoxy) is 2. The molecule has 1 heterocycles. The number of nitrogens with zero attached hydrogens (tertiary/aromatic N) is 2. The van der Waals surface area contributed by atoms with E-state index >= 15 is 0 Å². The monoisotopic (exact) mass is 268 g/mol. The van der Waals surface area contributed by atoms with Crippen molar-refractivity contribution in [3.63, 3.8) is 0 Å². The van der Waals surface area contributed by atoms with Gasteiger partial charge >= 0.3 is 0 Å². The molecule has 0 saturated carbocycles. The predicted molar refractivity (Wildman–Crippen MR) is 73.3 cm³/mol. The molecular formula is C14H24N2O3. The van der Waals surface area contributed by atoms with Crippen LogP contribution in [0.25, 0.3) is 0 Å². The second kappa shape index (κ2) is 8.82. The molecule has 0 saturated heterocycles. The van der Waals surface area contributed by atoms with E-state index in [1.807, 2.05) is 16.9 Å². The Morgan fingerprint density at radius 2 is 2.11 bits per heavy atom. The number of carbonyl (C=O) groups excluding carboxylic acids is 1. The van der Waals surface area contributed by atoms with E-state index in [-0.39, 0.29) is 12.4 Å². The Hall–Kier alpha value is -1.20. The molecule has 0 radical (unpaired) electrons. The van der Waals surface area contributed by atoms with Crippen LogP contribution >= 0.6 is 0 Å². The van der Waals surface area contributed by atoms with Crippen molar-refractivity contribution < 1.29 is 14.3 Å². The number of hydrogen-bond acceptors (Lipinski definition) is 4. The number of hydrogen-bond donors (Lipinski definition) is 0. The average Bonchev–Trinajstić information content (AvgIpc) is 2.84. The van der Waals surface area contributed by atoms with Crippen molar-refractivity contribution in [1.29, 1.82) is 0 Å². The van der Waals surface area contributed by atoms with Crippen LogP contribution in [0.5, 0.6) is 0 Å². The van der Waals surface area contributed by atoms with Crippen LogP contribution in [0.3, 0.4) is 0 Å². The summed E-state index contributed by atoms with van der Waals surface area (Å²) >= 11 is 0. The lowest BCUT2D eigenvalue weighted by molar-refractivity contribution is -0.123. The first-order chi connectivity index (χ1) is 9.21. The molecule has 108 valence electrons. The van der Waals surface area contributed by atoms with Crippen LogP contribution in [-0.4, -0.2) is 42.5 Å². The van der Waals surface area contributed by atoms with Crippen LogP contribution in [0.1, 0.15) is 38.4 Å². The molecule has 5 nitrogen and oxygen atoms in total. The summed E-state index contributed by atoms with van der Waals surface area (Å²) in [6.45, 7) is 5.37. The van der Waals surface area contributed by atoms with Gasteiger partial charge in [0, 0.05) is 13.3 Å². The van der Waals surface area contributed by atoms with E-state index in [1.54, 1.807) is 7.11 Å². The molecule has 0 spiro atoms. The molecule has 0 bridgehead atoms. The summed E-state index contributed by atoms with van der Waals surface area (Å²) in [4.78, 5) is 11.7. The summed E-state index contributed by atoms with van der Waals surface area (Å²) in [5.41, 5.74) is 0.812. The summed E-state index contributed by atoms with van der Waals surface area (Å²) in [6.07, 6.45) is 4.38. The van der Waals surface area contributed by atoms with Crippen molar-refractivity contribution in [3.8, 4) is 0 Å². The van der Waals surface area contributed by atoms with Gasteiger partial charge in [0.1, 0.15) is 6.61 Å². The van der Waals surface area contributed by atoms with Gasteiger partial charge in [-0.1, -0.05) is 13.8 Å². The highest BCUT2D eigenvalue weighted by Gasteiger charge is 2.10. The molecule has 0 fully saturated rings. The van der Waals surface area contributed by atoms with Gasteiger partial charge in [0.25, 0.3) is 0 Å². The number of ketones is 1. The summed E-state index contributed by atoms with van der Waals surface area (Å²) in [5, 5.41) is 4.45. The number of carbonyl (C=O) groups is 1. The highest BCUT2D eigenvalue weighted by Crippen LogP contribution is 2.14. The number of aromatic nitrogens is 2. The first-order valence-electron chi connectivity index (χ1n) is 6.83. The van der Waals surface area contributed by atoms with Gasteiger partial charge in [-0.25, -0.2) is 0 Å². The summed E-state index contributed by atoms with van der Waals surface area (Å²) in [5.74, 6) is 0.0471. The Balaban J connectivity index is 2.38. The second-order valence-corrected chi connectivity index (χ2v) is 4.52. The second-order valence-electron chi connectivity index (χ2n) is 4.52. The lowest BCUT2D eigenvalue weighted by Gasteiger charge is -2.12. The first-order valence-corrected chi connectivity index (χ1v) is 6.83. The molecule has 0 atom stereocenters. The van der Waals surface area contributed by atoms with Crippen molar-refractivity contribution in [2.24, 2.45) is 0 Å². The summed E-state index contributed by atoms with van der Waals surface area (Å²) < 4.78 is 12.0. The van der Waals surface area contributed by atoms with E-state index in [4.69, 9.17) is 9.47 Å². The van der Waals surface area contributed by atoms with Crippen molar-refractivity contribution in [1.82, 2.24) is 9.78 Å². The van der Waals surface area contributed by atoms with Gasteiger partial charge in [-0.3, -0.25) is 9.48 Å². The molecule has 0 aliphatic heterocycles. The van der Waals surface area contributed by atoms with Crippen molar-refractivity contribution in [3.05, 3.63) is 18.0 Å². The SMILES string of the molecule is CCC(CC)n1ccc(CC(=O)COCCOC)n1. The normalized spacial score (nSPS) is 11.2. The minimum absolute atomic E-state index is 0.0471. The predicted octanol–water partition coefficient (Wildman–Crippen LogP) is 2.02. The highest BCUT2D eigenvalue weighted by molar-refractivity contribution is 5.81. The third kappa shape index (κ3) is 5.53.